The maximum absolute atomic E-state index is 11.1. The van der Waals surface area contributed by atoms with E-state index in [-0.39, 0.29) is 0 Å². The Morgan fingerprint density at radius 2 is 1.61 bits per heavy atom. The molecule has 1 unspecified atom stereocenters. The molecule has 0 aliphatic rings. The van der Waals surface area contributed by atoms with Crippen LogP contribution < -0.4 is 0 Å². The van der Waals surface area contributed by atoms with E-state index in [9.17, 15) is 4.79 Å². The van der Waals surface area contributed by atoms with E-state index in [0.29, 0.717) is 6.42 Å². The van der Waals surface area contributed by atoms with Crippen LogP contribution in [0.25, 0.3) is 21.7 Å². The predicted molar refractivity (Wildman–Crippen MR) is 93.5 cm³/mol. The van der Waals surface area contributed by atoms with E-state index in [1.807, 2.05) is 48.5 Å². The molecule has 3 nitrogen and oxygen atoms in total. The van der Waals surface area contributed by atoms with Crippen LogP contribution in [0.2, 0.25) is 0 Å². The molecule has 3 aromatic rings. The van der Waals surface area contributed by atoms with Crippen molar-refractivity contribution in [1.82, 2.24) is 4.98 Å². The smallest absolute Gasteiger partial charge is 0.306 e. The van der Waals surface area contributed by atoms with Gasteiger partial charge in [0.1, 0.15) is 0 Å². The minimum atomic E-state index is -0.789. The number of aliphatic carboxylic acids is 1. The zero-order valence-electron chi connectivity index (χ0n) is 12.8. The SMILES string of the molecule is CC(Cc1nc(-c2ccccc2)c(-c2ccccc2)s1)C(=O)O. The molecule has 116 valence electrons. The molecule has 1 aromatic heterocycles. The lowest BCUT2D eigenvalue weighted by Gasteiger charge is -2.02. The number of rotatable bonds is 5. The third kappa shape index (κ3) is 3.48. The van der Waals surface area contributed by atoms with Crippen LogP contribution in [-0.4, -0.2) is 16.1 Å². The van der Waals surface area contributed by atoms with E-state index in [0.717, 1.165) is 26.7 Å². The topological polar surface area (TPSA) is 50.2 Å². The number of nitrogens with zero attached hydrogens (tertiary/aromatic N) is 1. The zero-order valence-corrected chi connectivity index (χ0v) is 13.6. The molecule has 4 heteroatoms. The van der Waals surface area contributed by atoms with Gasteiger partial charge in [-0.05, 0) is 5.56 Å². The molecule has 0 saturated heterocycles. The molecule has 23 heavy (non-hydrogen) atoms. The average Bonchev–Trinajstić information content (AvgIpc) is 3.00. The Bertz CT molecular complexity index is 740. The molecule has 1 atom stereocenters. The third-order valence-corrected chi connectivity index (χ3v) is 4.78. The van der Waals surface area contributed by atoms with Gasteiger partial charge in [0.15, 0.2) is 0 Å². The summed E-state index contributed by atoms with van der Waals surface area (Å²) < 4.78 is 0. The summed E-state index contributed by atoms with van der Waals surface area (Å²) in [6.45, 7) is 1.72. The highest BCUT2D eigenvalue weighted by Gasteiger charge is 2.18. The first-order valence-electron chi connectivity index (χ1n) is 7.48. The van der Waals surface area contributed by atoms with Crippen LogP contribution in [0, 0.1) is 5.92 Å². The number of carbonyl (C=O) groups is 1. The van der Waals surface area contributed by atoms with E-state index < -0.39 is 11.9 Å². The van der Waals surface area contributed by atoms with Crippen molar-refractivity contribution in [2.75, 3.05) is 0 Å². The Morgan fingerprint density at radius 1 is 1.04 bits per heavy atom. The molecule has 3 rings (SSSR count). The van der Waals surface area contributed by atoms with Crippen molar-refractivity contribution in [1.29, 1.82) is 0 Å². The first kappa shape index (κ1) is 15.4. The highest BCUT2D eigenvalue weighted by Crippen LogP contribution is 2.37. The summed E-state index contributed by atoms with van der Waals surface area (Å²) in [5.74, 6) is -1.23. The van der Waals surface area contributed by atoms with Gasteiger partial charge in [0, 0.05) is 12.0 Å². The number of thiazole rings is 1. The summed E-state index contributed by atoms with van der Waals surface area (Å²) in [6.07, 6.45) is 0.451. The van der Waals surface area contributed by atoms with Crippen LogP contribution in [0.4, 0.5) is 0 Å². The Morgan fingerprint density at radius 3 is 2.17 bits per heavy atom. The molecule has 0 amide bonds. The van der Waals surface area contributed by atoms with E-state index in [1.165, 1.54) is 0 Å². The lowest BCUT2D eigenvalue weighted by atomic mass is 10.1. The summed E-state index contributed by atoms with van der Waals surface area (Å²) in [6, 6.07) is 20.1. The van der Waals surface area contributed by atoms with Gasteiger partial charge in [0.2, 0.25) is 0 Å². The Hall–Kier alpha value is -2.46. The van der Waals surface area contributed by atoms with E-state index in [4.69, 9.17) is 10.1 Å². The number of hydrogen-bond donors (Lipinski definition) is 1. The monoisotopic (exact) mass is 323 g/mol. The molecule has 1 N–H and O–H groups in total. The molecular weight excluding hydrogens is 306 g/mol. The molecule has 2 aromatic carbocycles. The first-order chi connectivity index (χ1) is 11.1. The fourth-order valence-corrected chi connectivity index (χ4v) is 3.60. The molecule has 0 bridgehead atoms. The number of aromatic nitrogens is 1. The summed E-state index contributed by atoms with van der Waals surface area (Å²) in [4.78, 5) is 16.9. The minimum Gasteiger partial charge on any atom is -0.481 e. The van der Waals surface area contributed by atoms with Crippen LogP contribution in [0.15, 0.2) is 60.7 Å². The normalized spacial score (nSPS) is 12.0. The molecule has 0 aliphatic heterocycles. The second kappa shape index (κ2) is 6.75. The molecule has 0 aliphatic carbocycles. The number of benzene rings is 2. The number of carboxylic acids is 1. The van der Waals surface area contributed by atoms with Gasteiger partial charge in [0.05, 0.1) is 21.5 Å². The third-order valence-electron chi connectivity index (χ3n) is 3.66. The minimum absolute atomic E-state index is 0.437. The van der Waals surface area contributed by atoms with Crippen molar-refractivity contribution >= 4 is 17.3 Å². The summed E-state index contributed by atoms with van der Waals surface area (Å²) in [5, 5.41) is 9.99. The van der Waals surface area contributed by atoms with Gasteiger partial charge in [-0.15, -0.1) is 11.3 Å². The quantitative estimate of drug-likeness (QED) is 0.738. The van der Waals surface area contributed by atoms with Crippen LogP contribution in [-0.2, 0) is 11.2 Å². The molecule has 0 saturated carbocycles. The highest BCUT2D eigenvalue weighted by molar-refractivity contribution is 7.15. The van der Waals surface area contributed by atoms with Gasteiger partial charge < -0.3 is 5.11 Å². The van der Waals surface area contributed by atoms with Crippen molar-refractivity contribution in [2.24, 2.45) is 5.92 Å². The first-order valence-corrected chi connectivity index (χ1v) is 8.30. The Labute approximate surface area is 139 Å². The Balaban J connectivity index is 2.06. The molecule has 1 heterocycles. The average molecular weight is 323 g/mol. The number of hydrogen-bond acceptors (Lipinski definition) is 3. The van der Waals surface area contributed by atoms with Gasteiger partial charge in [-0.3, -0.25) is 4.79 Å². The summed E-state index contributed by atoms with van der Waals surface area (Å²) >= 11 is 1.58. The van der Waals surface area contributed by atoms with Crippen LogP contribution in [0.3, 0.4) is 0 Å². The van der Waals surface area contributed by atoms with Crippen LogP contribution in [0.1, 0.15) is 11.9 Å². The fraction of sp³-hybridized carbons (Fsp3) is 0.158. The van der Waals surface area contributed by atoms with Gasteiger partial charge >= 0.3 is 5.97 Å². The van der Waals surface area contributed by atoms with Crippen molar-refractivity contribution in [3.63, 3.8) is 0 Å². The molecule has 0 radical (unpaired) electrons. The lowest BCUT2D eigenvalue weighted by molar-refractivity contribution is -0.141. The lowest BCUT2D eigenvalue weighted by Crippen LogP contribution is -2.11. The van der Waals surface area contributed by atoms with Crippen LogP contribution in [0.5, 0.6) is 0 Å². The summed E-state index contributed by atoms with van der Waals surface area (Å²) in [7, 11) is 0. The maximum Gasteiger partial charge on any atom is 0.306 e. The largest absolute Gasteiger partial charge is 0.481 e. The van der Waals surface area contributed by atoms with Crippen molar-refractivity contribution in [3.05, 3.63) is 65.7 Å². The maximum atomic E-state index is 11.1. The Kier molecular flexibility index (Phi) is 4.53. The molecular formula is C19H17NO2S. The van der Waals surface area contributed by atoms with Gasteiger partial charge in [-0.25, -0.2) is 4.98 Å². The molecule has 0 fully saturated rings. The predicted octanol–water partition coefficient (Wildman–Crippen LogP) is 4.74. The second-order valence-electron chi connectivity index (χ2n) is 5.46. The van der Waals surface area contributed by atoms with Crippen LogP contribution >= 0.6 is 11.3 Å². The molecule has 0 spiro atoms. The second-order valence-corrected chi connectivity index (χ2v) is 6.54. The van der Waals surface area contributed by atoms with E-state index in [1.54, 1.807) is 18.3 Å². The number of carboxylic acid groups (broad SMARTS) is 1. The summed E-state index contributed by atoms with van der Waals surface area (Å²) in [5.41, 5.74) is 3.09. The standard InChI is InChI=1S/C19H17NO2S/c1-13(19(21)22)12-16-20-17(14-8-4-2-5-9-14)18(23-16)15-10-6-3-7-11-15/h2-11,13H,12H2,1H3,(H,21,22). The van der Waals surface area contributed by atoms with Crippen molar-refractivity contribution in [3.8, 4) is 21.7 Å². The van der Waals surface area contributed by atoms with Crippen molar-refractivity contribution in [2.45, 2.75) is 13.3 Å². The van der Waals surface area contributed by atoms with Gasteiger partial charge in [0.25, 0.3) is 0 Å². The van der Waals surface area contributed by atoms with Gasteiger partial charge in [-0.1, -0.05) is 67.6 Å². The zero-order chi connectivity index (χ0) is 16.2. The van der Waals surface area contributed by atoms with E-state index >= 15 is 0 Å². The van der Waals surface area contributed by atoms with E-state index in [2.05, 4.69) is 12.1 Å². The van der Waals surface area contributed by atoms with Crippen molar-refractivity contribution < 1.29 is 9.90 Å². The van der Waals surface area contributed by atoms with Gasteiger partial charge in [-0.2, -0.15) is 0 Å². The fourth-order valence-electron chi connectivity index (χ4n) is 2.38. The highest BCUT2D eigenvalue weighted by atomic mass is 32.1.